The van der Waals surface area contributed by atoms with Gasteiger partial charge in [-0.05, 0) is 60.4 Å². The number of esters is 1. The van der Waals surface area contributed by atoms with Crippen molar-refractivity contribution in [3.05, 3.63) is 96.1 Å². The van der Waals surface area contributed by atoms with Gasteiger partial charge < -0.3 is 14.2 Å². The van der Waals surface area contributed by atoms with Crippen molar-refractivity contribution in [3.63, 3.8) is 0 Å². The Labute approximate surface area is 194 Å². The van der Waals surface area contributed by atoms with Crippen LogP contribution in [0.25, 0.3) is 22.3 Å². The molecule has 0 spiro atoms. The van der Waals surface area contributed by atoms with Gasteiger partial charge in [0, 0.05) is 18.1 Å². The van der Waals surface area contributed by atoms with Crippen molar-refractivity contribution >= 4 is 5.97 Å². The molecule has 0 aliphatic heterocycles. The molecule has 4 aromatic carbocycles. The van der Waals surface area contributed by atoms with Gasteiger partial charge in [0.2, 0.25) is 0 Å². The lowest BCUT2D eigenvalue weighted by Crippen LogP contribution is -2.04. The van der Waals surface area contributed by atoms with E-state index in [1.807, 2.05) is 98.8 Å². The predicted octanol–water partition coefficient (Wildman–Crippen LogP) is 7.36. The van der Waals surface area contributed by atoms with Crippen LogP contribution in [-0.4, -0.2) is 13.1 Å². The van der Waals surface area contributed by atoms with Crippen LogP contribution in [0.4, 0.5) is 0 Å². The fourth-order valence-corrected chi connectivity index (χ4v) is 3.95. The van der Waals surface area contributed by atoms with Gasteiger partial charge in [0.05, 0.1) is 7.11 Å². The zero-order chi connectivity index (χ0) is 23.4. The minimum atomic E-state index is -0.359. The molecule has 0 unspecified atom stereocenters. The summed E-state index contributed by atoms with van der Waals surface area (Å²) in [6, 6.07) is 27.6. The molecule has 0 amide bonds. The van der Waals surface area contributed by atoms with Crippen LogP contribution in [0.2, 0.25) is 0 Å². The van der Waals surface area contributed by atoms with E-state index in [0.29, 0.717) is 17.2 Å². The molecule has 0 aromatic heterocycles. The molecule has 0 saturated carbocycles. The van der Waals surface area contributed by atoms with Gasteiger partial charge in [-0.25, -0.2) is 0 Å². The molecule has 4 heteroatoms. The summed E-state index contributed by atoms with van der Waals surface area (Å²) in [5.74, 6) is 2.36. The Kier molecular flexibility index (Phi) is 6.45. The minimum Gasteiger partial charge on any atom is -0.496 e. The van der Waals surface area contributed by atoms with E-state index in [4.69, 9.17) is 14.2 Å². The van der Waals surface area contributed by atoms with Gasteiger partial charge in [-0.3, -0.25) is 4.79 Å². The van der Waals surface area contributed by atoms with E-state index in [0.717, 1.165) is 39.1 Å². The molecule has 0 saturated heterocycles. The molecule has 4 rings (SSSR count). The molecule has 0 aliphatic rings. The molecule has 0 heterocycles. The van der Waals surface area contributed by atoms with Gasteiger partial charge in [0.1, 0.15) is 23.0 Å². The molecule has 166 valence electrons. The lowest BCUT2D eigenvalue weighted by molar-refractivity contribution is -0.131. The Bertz CT molecular complexity index is 1280. The third-order valence-corrected chi connectivity index (χ3v) is 5.35. The first-order chi connectivity index (χ1) is 16.0. The second-order valence-corrected chi connectivity index (χ2v) is 7.87. The van der Waals surface area contributed by atoms with Crippen molar-refractivity contribution in [3.8, 4) is 45.3 Å². The Balaban J connectivity index is 1.79. The van der Waals surface area contributed by atoms with Gasteiger partial charge in [0.15, 0.2) is 0 Å². The number of ether oxygens (including phenoxy) is 3. The lowest BCUT2D eigenvalue weighted by Gasteiger charge is -2.17. The zero-order valence-electron chi connectivity index (χ0n) is 19.2. The van der Waals surface area contributed by atoms with Gasteiger partial charge in [-0.1, -0.05) is 60.7 Å². The Morgan fingerprint density at radius 3 is 1.58 bits per heavy atom. The zero-order valence-corrected chi connectivity index (χ0v) is 19.2. The summed E-state index contributed by atoms with van der Waals surface area (Å²) in [4.78, 5) is 11.7. The highest BCUT2D eigenvalue weighted by atomic mass is 16.5. The van der Waals surface area contributed by atoms with Crippen molar-refractivity contribution in [2.24, 2.45) is 0 Å². The van der Waals surface area contributed by atoms with Gasteiger partial charge in [0.25, 0.3) is 0 Å². The number of hydrogen-bond acceptors (Lipinski definition) is 4. The highest BCUT2D eigenvalue weighted by Crippen LogP contribution is 2.41. The molecule has 33 heavy (non-hydrogen) atoms. The average molecular weight is 439 g/mol. The van der Waals surface area contributed by atoms with Crippen molar-refractivity contribution in [1.82, 2.24) is 0 Å². The predicted molar refractivity (Wildman–Crippen MR) is 131 cm³/mol. The van der Waals surface area contributed by atoms with Crippen molar-refractivity contribution in [2.75, 3.05) is 7.11 Å². The van der Waals surface area contributed by atoms with Crippen LogP contribution in [0.1, 0.15) is 18.1 Å². The van der Waals surface area contributed by atoms with Gasteiger partial charge >= 0.3 is 5.97 Å². The molecular weight excluding hydrogens is 412 g/mol. The maximum absolute atomic E-state index is 11.7. The Morgan fingerprint density at radius 1 is 0.667 bits per heavy atom. The second kappa shape index (κ2) is 9.61. The smallest absolute Gasteiger partial charge is 0.308 e. The molecule has 0 radical (unpaired) electrons. The van der Waals surface area contributed by atoms with E-state index in [-0.39, 0.29) is 5.97 Å². The number of aryl methyl sites for hydroxylation is 2. The number of rotatable bonds is 6. The van der Waals surface area contributed by atoms with E-state index in [1.165, 1.54) is 6.92 Å². The fourth-order valence-electron chi connectivity index (χ4n) is 3.95. The van der Waals surface area contributed by atoms with Crippen LogP contribution in [-0.2, 0) is 4.79 Å². The number of benzene rings is 4. The maximum atomic E-state index is 11.7. The van der Waals surface area contributed by atoms with Gasteiger partial charge in [-0.15, -0.1) is 0 Å². The first kappa shape index (κ1) is 22.2. The highest BCUT2D eigenvalue weighted by Gasteiger charge is 2.16. The third-order valence-electron chi connectivity index (χ3n) is 5.35. The van der Waals surface area contributed by atoms with E-state index in [9.17, 15) is 4.79 Å². The normalized spacial score (nSPS) is 10.5. The molecule has 0 aliphatic carbocycles. The van der Waals surface area contributed by atoms with Crippen LogP contribution in [0, 0.1) is 13.8 Å². The summed E-state index contributed by atoms with van der Waals surface area (Å²) in [6.07, 6.45) is 0. The summed E-state index contributed by atoms with van der Waals surface area (Å²) >= 11 is 0. The topological polar surface area (TPSA) is 44.8 Å². The van der Waals surface area contributed by atoms with Crippen LogP contribution in [0.5, 0.6) is 23.0 Å². The van der Waals surface area contributed by atoms with E-state index in [2.05, 4.69) is 0 Å². The SMILES string of the molecule is COc1c(C)cc(Oc2cc(C)c(OC(C)=O)c(-c3ccccc3)c2)cc1-c1ccccc1. The van der Waals surface area contributed by atoms with Crippen molar-refractivity contribution in [1.29, 1.82) is 0 Å². The Hall–Kier alpha value is -4.05. The monoisotopic (exact) mass is 438 g/mol. The molecule has 4 aromatic rings. The quantitative estimate of drug-likeness (QED) is 0.233. The standard InChI is InChI=1S/C29H26O4/c1-19-15-24(17-26(28(19)31-4)22-11-7-5-8-12-22)33-25-16-20(2)29(32-21(3)30)27(18-25)23-13-9-6-10-14-23/h5-18H,1-4H3. The summed E-state index contributed by atoms with van der Waals surface area (Å²) in [5.41, 5.74) is 5.55. The van der Waals surface area contributed by atoms with Gasteiger partial charge in [-0.2, -0.15) is 0 Å². The summed E-state index contributed by atoms with van der Waals surface area (Å²) in [6.45, 7) is 5.32. The summed E-state index contributed by atoms with van der Waals surface area (Å²) in [7, 11) is 1.68. The molecular formula is C29H26O4. The number of hydrogen-bond donors (Lipinski definition) is 0. The average Bonchev–Trinajstić information content (AvgIpc) is 2.81. The number of carbonyl (C=O) groups is 1. The van der Waals surface area contributed by atoms with E-state index < -0.39 is 0 Å². The first-order valence-corrected chi connectivity index (χ1v) is 10.8. The second-order valence-electron chi connectivity index (χ2n) is 7.87. The summed E-state index contributed by atoms with van der Waals surface area (Å²) in [5, 5.41) is 0. The number of methoxy groups -OCH3 is 1. The molecule has 0 atom stereocenters. The largest absolute Gasteiger partial charge is 0.496 e. The van der Waals surface area contributed by atoms with Crippen molar-refractivity contribution < 1.29 is 19.0 Å². The van der Waals surface area contributed by atoms with Crippen LogP contribution >= 0.6 is 0 Å². The van der Waals surface area contributed by atoms with Crippen molar-refractivity contribution in [2.45, 2.75) is 20.8 Å². The maximum Gasteiger partial charge on any atom is 0.308 e. The number of carbonyl (C=O) groups excluding carboxylic acids is 1. The molecule has 0 N–H and O–H groups in total. The van der Waals surface area contributed by atoms with Crippen LogP contribution in [0.3, 0.4) is 0 Å². The van der Waals surface area contributed by atoms with Crippen LogP contribution < -0.4 is 14.2 Å². The summed E-state index contributed by atoms with van der Waals surface area (Å²) < 4.78 is 17.6. The molecule has 4 nitrogen and oxygen atoms in total. The lowest BCUT2D eigenvalue weighted by atomic mass is 10.0. The molecule has 0 fully saturated rings. The molecule has 0 bridgehead atoms. The Morgan fingerprint density at radius 2 is 1.12 bits per heavy atom. The van der Waals surface area contributed by atoms with E-state index in [1.54, 1.807) is 7.11 Å². The minimum absolute atomic E-state index is 0.359. The third kappa shape index (κ3) is 4.90. The highest BCUT2D eigenvalue weighted by molar-refractivity contribution is 5.79. The van der Waals surface area contributed by atoms with E-state index >= 15 is 0 Å². The van der Waals surface area contributed by atoms with Crippen LogP contribution in [0.15, 0.2) is 84.9 Å². The first-order valence-electron chi connectivity index (χ1n) is 10.8. The fraction of sp³-hybridized carbons (Fsp3) is 0.138.